The summed E-state index contributed by atoms with van der Waals surface area (Å²) in [4.78, 5) is 50.5. The van der Waals surface area contributed by atoms with Gasteiger partial charge in [0.2, 0.25) is 5.78 Å². The van der Waals surface area contributed by atoms with E-state index in [2.05, 4.69) is 10.6 Å². The first-order chi connectivity index (χ1) is 23.2. The van der Waals surface area contributed by atoms with Crippen LogP contribution in [0.3, 0.4) is 0 Å². The van der Waals surface area contributed by atoms with Crippen molar-refractivity contribution in [2.45, 2.75) is 87.9 Å². The first kappa shape index (κ1) is 36.5. The van der Waals surface area contributed by atoms with Gasteiger partial charge in [-0.3, -0.25) is 19.2 Å². The second kappa shape index (κ2) is 14.2. The number of carbonyl (C=O) groups is 4. The number of phenols is 2. The van der Waals surface area contributed by atoms with Gasteiger partial charge in [0.15, 0.2) is 17.9 Å². The van der Waals surface area contributed by atoms with Crippen molar-refractivity contribution in [2.24, 2.45) is 0 Å². The van der Waals surface area contributed by atoms with Crippen LogP contribution < -0.4 is 15.4 Å². The Kier molecular flexibility index (Phi) is 10.6. The minimum Gasteiger partial charge on any atom is -0.507 e. The van der Waals surface area contributed by atoms with Gasteiger partial charge >= 0.3 is 0 Å². The zero-order chi connectivity index (χ0) is 35.9. The highest BCUT2D eigenvalue weighted by Crippen LogP contribution is 2.52. The highest BCUT2D eigenvalue weighted by Gasteiger charge is 2.50. The van der Waals surface area contributed by atoms with E-state index in [-0.39, 0.29) is 52.4 Å². The molecule has 2 aromatic carbocycles. The fraction of sp³-hybridized carbons (Fsp3) is 0.529. The van der Waals surface area contributed by atoms with Crippen LogP contribution in [0, 0.1) is 0 Å². The number of rotatable bonds is 7. The normalized spacial score (nSPS) is 30.4. The number of fused-ring (bicyclic) bond motifs is 3. The van der Waals surface area contributed by atoms with Crippen LogP contribution >= 0.6 is 0 Å². The molecule has 49 heavy (non-hydrogen) atoms. The Hall–Kier alpha value is -3.80. The van der Waals surface area contributed by atoms with Crippen LogP contribution in [0.25, 0.3) is 0 Å². The van der Waals surface area contributed by atoms with Gasteiger partial charge in [0.25, 0.3) is 0 Å². The summed E-state index contributed by atoms with van der Waals surface area (Å²) in [7, 11) is 2.99. The number of benzene rings is 2. The Morgan fingerprint density at radius 1 is 1.08 bits per heavy atom. The molecule has 8 atom stereocenters. The number of phenolic OH excluding ortho intramolecular Hbond substituents is 2. The summed E-state index contributed by atoms with van der Waals surface area (Å²) in [5.41, 5.74) is -3.52. The minimum atomic E-state index is -2.23. The Labute approximate surface area is 281 Å². The topological polar surface area (TPSA) is 241 Å². The van der Waals surface area contributed by atoms with Gasteiger partial charge < -0.3 is 55.5 Å². The van der Waals surface area contributed by atoms with E-state index < -0.39 is 95.7 Å². The van der Waals surface area contributed by atoms with Gasteiger partial charge in [-0.1, -0.05) is 12.1 Å². The molecule has 4 aliphatic rings. The average molecular weight is 687 g/mol. The quantitative estimate of drug-likeness (QED) is 0.147. The van der Waals surface area contributed by atoms with Gasteiger partial charge in [0.05, 0.1) is 54.3 Å². The Balaban J connectivity index is 0.000000452. The molecule has 0 radical (unpaired) electrons. The maximum atomic E-state index is 13.7. The van der Waals surface area contributed by atoms with Crippen molar-refractivity contribution in [3.8, 4) is 17.2 Å². The number of hydrogen-bond acceptors (Lipinski definition) is 15. The van der Waals surface area contributed by atoms with E-state index in [9.17, 15) is 44.7 Å². The van der Waals surface area contributed by atoms with Crippen LogP contribution in [0.2, 0.25) is 0 Å². The zero-order valence-corrected chi connectivity index (χ0v) is 27.6. The summed E-state index contributed by atoms with van der Waals surface area (Å²) in [5.74, 6) is -3.58. The summed E-state index contributed by atoms with van der Waals surface area (Å²) in [6, 6.07) is 3.86. The van der Waals surface area contributed by atoms with E-state index in [0.717, 1.165) is 0 Å². The van der Waals surface area contributed by atoms with E-state index in [0.29, 0.717) is 13.0 Å². The molecule has 8 N–H and O–H groups in total. The molecule has 0 aromatic heterocycles. The van der Waals surface area contributed by atoms with Crippen LogP contribution in [0.15, 0.2) is 18.2 Å². The lowest BCUT2D eigenvalue weighted by Crippen LogP contribution is -2.53. The smallest absolute Gasteiger partial charge is 0.202 e. The summed E-state index contributed by atoms with van der Waals surface area (Å²) >= 11 is 0. The maximum absolute atomic E-state index is 13.7. The number of aliphatic hydroxyl groups is 4. The number of aliphatic hydroxyl groups excluding tert-OH is 3. The molecule has 2 saturated heterocycles. The third kappa shape index (κ3) is 6.60. The standard InChI is InChI=1S/C28H31NO11.C6H11NO2/c1-11-23(32)14(29-2)7-18(39-11)40-16-9-28(37,17(31)10-30)8-13-20(16)27(36)22-21(25(13)34)24(33)12-5-4-6-15(38-3)19(12)26(22)35;1-4(8)6-2-5(9)3-7-6/h4-6,11,14,16,18,23,29-30,32,34,36-37H,7-10H2,1-3H3;5-7,9H,2-3H2,1H3/t11?,14?,16-,18?,23?,28-;5-,6+/m01/s1. The van der Waals surface area contributed by atoms with E-state index in [4.69, 9.17) is 19.3 Å². The van der Waals surface area contributed by atoms with Crippen LogP contribution in [0.1, 0.15) is 82.2 Å². The Morgan fingerprint density at radius 2 is 1.78 bits per heavy atom. The van der Waals surface area contributed by atoms with Crippen LogP contribution in [-0.2, 0) is 25.5 Å². The number of likely N-dealkylation sites (N-methyl/N-ethyl adjacent to an activating group) is 1. The van der Waals surface area contributed by atoms with Crippen molar-refractivity contribution < 1.29 is 64.0 Å². The van der Waals surface area contributed by atoms with Crippen molar-refractivity contribution in [3.63, 3.8) is 0 Å². The monoisotopic (exact) mass is 686 g/mol. The first-order valence-electron chi connectivity index (χ1n) is 16.0. The molecule has 15 nitrogen and oxygen atoms in total. The van der Waals surface area contributed by atoms with Gasteiger partial charge in [-0.2, -0.15) is 0 Å². The van der Waals surface area contributed by atoms with Gasteiger partial charge in [-0.25, -0.2) is 0 Å². The summed E-state index contributed by atoms with van der Waals surface area (Å²) < 4.78 is 17.2. The predicted octanol–water partition coefficient (Wildman–Crippen LogP) is -0.440. The molecule has 6 rings (SSSR count). The number of ether oxygens (including phenoxy) is 3. The lowest BCUT2D eigenvalue weighted by molar-refractivity contribution is -0.249. The highest BCUT2D eigenvalue weighted by atomic mass is 16.7. The van der Waals surface area contributed by atoms with Crippen LogP contribution in [-0.4, -0.2) is 123 Å². The number of aromatic hydroxyl groups is 2. The third-order valence-corrected chi connectivity index (χ3v) is 9.73. The summed E-state index contributed by atoms with van der Waals surface area (Å²) in [6.07, 6.45) is -4.41. The molecule has 0 spiro atoms. The molecule has 2 aromatic rings. The van der Waals surface area contributed by atoms with Gasteiger partial charge in [0.1, 0.15) is 35.2 Å². The fourth-order valence-electron chi connectivity index (χ4n) is 7.03. The van der Waals surface area contributed by atoms with Crippen molar-refractivity contribution in [2.75, 3.05) is 27.3 Å². The highest BCUT2D eigenvalue weighted by molar-refractivity contribution is 6.31. The van der Waals surface area contributed by atoms with E-state index >= 15 is 0 Å². The predicted molar refractivity (Wildman–Crippen MR) is 170 cm³/mol. The number of methoxy groups -OCH3 is 1. The van der Waals surface area contributed by atoms with Crippen molar-refractivity contribution >= 4 is 23.1 Å². The molecule has 2 aliphatic carbocycles. The number of nitrogens with one attached hydrogen (secondary N) is 2. The molecule has 0 saturated carbocycles. The summed E-state index contributed by atoms with van der Waals surface area (Å²) in [6.45, 7) is 2.73. The molecule has 0 bridgehead atoms. The Morgan fingerprint density at radius 3 is 2.35 bits per heavy atom. The molecular formula is C34H42N2O13. The van der Waals surface area contributed by atoms with Crippen molar-refractivity contribution in [3.05, 3.63) is 51.6 Å². The van der Waals surface area contributed by atoms with Gasteiger partial charge in [0, 0.05) is 48.5 Å². The van der Waals surface area contributed by atoms with Gasteiger partial charge in [-0.05, 0) is 33.4 Å². The number of Topliss-reactive ketones (excluding diaryl/α,β-unsaturated/α-hetero) is 2. The largest absolute Gasteiger partial charge is 0.507 e. The van der Waals surface area contributed by atoms with Crippen LogP contribution in [0.4, 0.5) is 0 Å². The second-order valence-corrected chi connectivity index (χ2v) is 12.9. The minimum absolute atomic E-state index is 0.0435. The average Bonchev–Trinajstić information content (AvgIpc) is 3.52. The van der Waals surface area contributed by atoms with E-state index in [1.165, 1.54) is 32.2 Å². The molecule has 266 valence electrons. The molecule has 4 unspecified atom stereocenters. The van der Waals surface area contributed by atoms with Crippen LogP contribution in [0.5, 0.6) is 17.2 Å². The molecule has 0 amide bonds. The molecule has 2 fully saturated rings. The SMILES string of the molecule is CC(=O)[C@@H]1C[C@@H](O)CN1.CNC1CC(O[C@H]2C[C@](O)(C(=O)CO)Cc3c(O)c4c(c(O)c32)C(=O)c2c(OC)cccc2C4=O)OC(C)C1O. The summed E-state index contributed by atoms with van der Waals surface area (Å²) in [5, 5.41) is 69.0. The number of ketones is 4. The number of β-amino-alcohol motifs (C(OH)–C–C–N with tert-alkyl or cyclic N) is 1. The third-order valence-electron chi connectivity index (χ3n) is 9.73. The van der Waals surface area contributed by atoms with Gasteiger partial charge in [-0.15, -0.1) is 0 Å². The molecule has 2 heterocycles. The number of carbonyl (C=O) groups excluding carboxylic acids is 4. The number of hydrogen-bond donors (Lipinski definition) is 8. The Bertz CT molecular complexity index is 1660. The zero-order valence-electron chi connectivity index (χ0n) is 27.6. The maximum Gasteiger partial charge on any atom is 0.202 e. The lowest BCUT2D eigenvalue weighted by Gasteiger charge is -2.42. The fourth-order valence-corrected chi connectivity index (χ4v) is 7.03. The van der Waals surface area contributed by atoms with Crippen molar-refractivity contribution in [1.29, 1.82) is 0 Å². The molecular weight excluding hydrogens is 644 g/mol. The molecule has 15 heteroatoms. The van der Waals surface area contributed by atoms with E-state index in [1.807, 2.05) is 0 Å². The second-order valence-electron chi connectivity index (χ2n) is 12.9. The van der Waals surface area contributed by atoms with E-state index in [1.54, 1.807) is 14.0 Å². The lowest BCUT2D eigenvalue weighted by atomic mass is 9.72. The van der Waals surface area contributed by atoms with Crippen molar-refractivity contribution in [1.82, 2.24) is 10.6 Å². The molecule has 2 aliphatic heterocycles. The first-order valence-corrected chi connectivity index (χ1v) is 16.0.